The van der Waals surface area contributed by atoms with Crippen LogP contribution in [0.3, 0.4) is 0 Å². The minimum atomic E-state index is 0.130. The maximum Gasteiger partial charge on any atom is 0.199 e. The van der Waals surface area contributed by atoms with Crippen LogP contribution >= 0.6 is 23.6 Å². The van der Waals surface area contributed by atoms with Gasteiger partial charge >= 0.3 is 0 Å². The van der Waals surface area contributed by atoms with Crippen molar-refractivity contribution in [3.8, 4) is 10.7 Å². The second-order valence-corrected chi connectivity index (χ2v) is 9.12. The van der Waals surface area contributed by atoms with Gasteiger partial charge in [-0.15, -0.1) is 16.4 Å². The molecule has 6 heteroatoms. The summed E-state index contributed by atoms with van der Waals surface area (Å²) in [5, 5.41) is 7.07. The predicted octanol–water partition coefficient (Wildman–Crippen LogP) is 6.16. The van der Waals surface area contributed by atoms with E-state index in [1.807, 2.05) is 4.68 Å². The van der Waals surface area contributed by atoms with E-state index in [1.165, 1.54) is 28.8 Å². The molecule has 5 rings (SSSR count). The molecule has 0 spiro atoms. The third kappa shape index (κ3) is 3.78. The topological polar surface area (TPSA) is 26.0 Å². The van der Waals surface area contributed by atoms with Gasteiger partial charge in [0.1, 0.15) is 0 Å². The zero-order valence-electron chi connectivity index (χ0n) is 16.9. The summed E-state index contributed by atoms with van der Waals surface area (Å²) in [5.41, 5.74) is 2.52. The SMILES string of the molecule is CN(Cn1nc(-c2cccs2)n(C2CC2)c1=S)C(c1ccccc1)c1ccccc1. The molecule has 0 atom stereocenters. The number of hydrogen-bond donors (Lipinski definition) is 0. The Morgan fingerprint density at radius 1 is 1.00 bits per heavy atom. The van der Waals surface area contributed by atoms with Crippen LogP contribution in [0.15, 0.2) is 78.2 Å². The first-order valence-corrected chi connectivity index (χ1v) is 11.5. The largest absolute Gasteiger partial charge is 0.296 e. The molecule has 2 heterocycles. The van der Waals surface area contributed by atoms with Crippen molar-refractivity contribution in [2.24, 2.45) is 0 Å². The van der Waals surface area contributed by atoms with Crippen LogP contribution in [0.5, 0.6) is 0 Å². The van der Waals surface area contributed by atoms with Gasteiger partial charge in [0.2, 0.25) is 0 Å². The predicted molar refractivity (Wildman–Crippen MR) is 125 cm³/mol. The van der Waals surface area contributed by atoms with Gasteiger partial charge in [0.25, 0.3) is 0 Å². The summed E-state index contributed by atoms with van der Waals surface area (Å²) in [6.45, 7) is 0.630. The number of hydrogen-bond acceptors (Lipinski definition) is 4. The lowest BCUT2D eigenvalue weighted by Crippen LogP contribution is -2.28. The highest BCUT2D eigenvalue weighted by molar-refractivity contribution is 7.71. The van der Waals surface area contributed by atoms with Crippen LogP contribution in [0.25, 0.3) is 10.7 Å². The molecule has 152 valence electrons. The fourth-order valence-electron chi connectivity index (χ4n) is 4.01. The third-order valence-electron chi connectivity index (χ3n) is 5.55. The molecule has 2 aromatic carbocycles. The zero-order valence-corrected chi connectivity index (χ0v) is 18.5. The maximum absolute atomic E-state index is 5.88. The Kier molecular flexibility index (Phi) is 5.37. The Morgan fingerprint density at radius 3 is 2.17 bits per heavy atom. The third-order valence-corrected chi connectivity index (χ3v) is 6.83. The van der Waals surface area contributed by atoms with Crippen LogP contribution in [-0.4, -0.2) is 26.3 Å². The molecule has 0 radical (unpaired) electrons. The van der Waals surface area contributed by atoms with Crippen LogP contribution in [0.1, 0.15) is 36.1 Å². The lowest BCUT2D eigenvalue weighted by molar-refractivity contribution is 0.208. The molecule has 30 heavy (non-hydrogen) atoms. The summed E-state index contributed by atoms with van der Waals surface area (Å²) < 4.78 is 5.06. The van der Waals surface area contributed by atoms with E-state index in [1.54, 1.807) is 11.3 Å². The second kappa shape index (κ2) is 8.30. The molecular formula is C24H24N4S2. The normalized spacial score (nSPS) is 14.0. The molecule has 4 aromatic rings. The van der Waals surface area contributed by atoms with E-state index in [-0.39, 0.29) is 6.04 Å². The van der Waals surface area contributed by atoms with E-state index < -0.39 is 0 Å². The fourth-order valence-corrected chi connectivity index (χ4v) is 5.05. The van der Waals surface area contributed by atoms with Gasteiger partial charge in [0.15, 0.2) is 10.6 Å². The van der Waals surface area contributed by atoms with Gasteiger partial charge in [0.05, 0.1) is 17.6 Å². The average molecular weight is 433 g/mol. The Bertz CT molecular complexity index is 1120. The number of aromatic nitrogens is 3. The van der Waals surface area contributed by atoms with E-state index in [2.05, 4.69) is 94.7 Å². The highest BCUT2D eigenvalue weighted by Crippen LogP contribution is 2.39. The van der Waals surface area contributed by atoms with Crippen LogP contribution < -0.4 is 0 Å². The highest BCUT2D eigenvalue weighted by atomic mass is 32.1. The van der Waals surface area contributed by atoms with Crippen molar-refractivity contribution in [3.63, 3.8) is 0 Å². The summed E-state index contributed by atoms with van der Waals surface area (Å²) in [6.07, 6.45) is 2.37. The van der Waals surface area contributed by atoms with Gasteiger partial charge in [-0.2, -0.15) is 0 Å². The fraction of sp³-hybridized carbons (Fsp3) is 0.250. The molecular weight excluding hydrogens is 408 g/mol. The molecule has 4 nitrogen and oxygen atoms in total. The van der Waals surface area contributed by atoms with E-state index in [4.69, 9.17) is 17.3 Å². The smallest absolute Gasteiger partial charge is 0.199 e. The van der Waals surface area contributed by atoms with Crippen LogP contribution in [-0.2, 0) is 6.67 Å². The van der Waals surface area contributed by atoms with Gasteiger partial charge in [-0.1, -0.05) is 66.7 Å². The minimum absolute atomic E-state index is 0.130. The molecule has 1 aliphatic rings. The quantitative estimate of drug-likeness (QED) is 0.327. The lowest BCUT2D eigenvalue weighted by Gasteiger charge is -2.28. The molecule has 1 fully saturated rings. The Labute approximate surface area is 186 Å². The van der Waals surface area contributed by atoms with Crippen LogP contribution in [0.4, 0.5) is 0 Å². The van der Waals surface area contributed by atoms with E-state index in [0.29, 0.717) is 12.7 Å². The molecule has 0 aliphatic heterocycles. The first kappa shape index (κ1) is 19.4. The van der Waals surface area contributed by atoms with Crippen molar-refractivity contribution in [2.45, 2.75) is 31.6 Å². The first-order valence-electron chi connectivity index (χ1n) is 10.3. The summed E-state index contributed by atoms with van der Waals surface area (Å²) >= 11 is 7.60. The maximum atomic E-state index is 5.88. The molecule has 2 aromatic heterocycles. The first-order chi connectivity index (χ1) is 14.7. The summed E-state index contributed by atoms with van der Waals surface area (Å²) in [7, 11) is 2.15. The monoisotopic (exact) mass is 432 g/mol. The number of thiophene rings is 1. The molecule has 1 aliphatic carbocycles. The average Bonchev–Trinajstić information content (AvgIpc) is 3.35. The minimum Gasteiger partial charge on any atom is -0.296 e. The summed E-state index contributed by atoms with van der Waals surface area (Å²) in [6, 6.07) is 26.1. The summed E-state index contributed by atoms with van der Waals surface area (Å²) in [5.74, 6) is 1.00. The van der Waals surface area contributed by atoms with Crippen LogP contribution in [0.2, 0.25) is 0 Å². The molecule has 0 saturated heterocycles. The molecule has 0 amide bonds. The van der Waals surface area contributed by atoms with Crippen molar-refractivity contribution in [3.05, 3.63) is 94.1 Å². The van der Waals surface area contributed by atoms with Gasteiger partial charge in [0, 0.05) is 6.04 Å². The standard InChI is InChI=1S/C24H24N4S2/c1-26(22(18-9-4-2-5-10-18)19-11-6-3-7-12-19)17-27-24(29)28(20-14-15-20)23(25-27)21-13-8-16-30-21/h2-13,16,20,22H,14-15,17H2,1H3. The number of nitrogens with zero attached hydrogens (tertiary/aromatic N) is 4. The molecule has 1 saturated carbocycles. The summed E-state index contributed by atoms with van der Waals surface area (Å²) in [4.78, 5) is 3.50. The van der Waals surface area contributed by atoms with Gasteiger partial charge in [-0.3, -0.25) is 9.47 Å². The van der Waals surface area contributed by atoms with Gasteiger partial charge < -0.3 is 0 Å². The molecule has 0 bridgehead atoms. The molecule has 0 unspecified atom stereocenters. The second-order valence-electron chi connectivity index (χ2n) is 7.81. The van der Waals surface area contributed by atoms with Crippen LogP contribution in [0, 0.1) is 4.77 Å². The lowest BCUT2D eigenvalue weighted by atomic mass is 9.98. The van der Waals surface area contributed by atoms with Crippen molar-refractivity contribution >= 4 is 23.6 Å². The van der Waals surface area contributed by atoms with Crippen molar-refractivity contribution in [1.29, 1.82) is 0 Å². The van der Waals surface area contributed by atoms with Gasteiger partial charge in [-0.05, 0) is 54.7 Å². The Balaban J connectivity index is 1.51. The van der Waals surface area contributed by atoms with E-state index in [0.717, 1.165) is 10.6 Å². The van der Waals surface area contributed by atoms with Crippen molar-refractivity contribution < 1.29 is 0 Å². The van der Waals surface area contributed by atoms with E-state index in [9.17, 15) is 0 Å². The Hall–Kier alpha value is -2.54. The Morgan fingerprint density at radius 2 is 1.63 bits per heavy atom. The van der Waals surface area contributed by atoms with Crippen molar-refractivity contribution in [1.82, 2.24) is 19.2 Å². The van der Waals surface area contributed by atoms with Gasteiger partial charge in [-0.25, -0.2) is 4.68 Å². The number of rotatable bonds is 7. The zero-order chi connectivity index (χ0) is 20.5. The van der Waals surface area contributed by atoms with Crippen molar-refractivity contribution in [2.75, 3.05) is 7.05 Å². The molecule has 0 N–H and O–H groups in total. The number of benzene rings is 2. The highest BCUT2D eigenvalue weighted by Gasteiger charge is 2.30. The van der Waals surface area contributed by atoms with E-state index >= 15 is 0 Å².